The van der Waals surface area contributed by atoms with Crippen LogP contribution in [0.4, 0.5) is 0 Å². The Labute approximate surface area is 97.0 Å². The van der Waals surface area contributed by atoms with Crippen molar-refractivity contribution in [3.8, 4) is 0 Å². The summed E-state index contributed by atoms with van der Waals surface area (Å²) in [5.41, 5.74) is -1.11. The molecular weight excluding hydrogens is 226 g/mol. The summed E-state index contributed by atoms with van der Waals surface area (Å²) < 4.78 is 1.25. The number of aliphatic carboxylic acids is 1. The Kier molecular flexibility index (Phi) is 3.03. The summed E-state index contributed by atoms with van der Waals surface area (Å²) in [6, 6.07) is 0. The third-order valence-electron chi connectivity index (χ3n) is 2.94. The second kappa shape index (κ2) is 4.48. The molecular formula is C9H13N5O3. The van der Waals surface area contributed by atoms with Crippen molar-refractivity contribution in [2.45, 2.75) is 37.8 Å². The van der Waals surface area contributed by atoms with E-state index in [0.717, 1.165) is 12.8 Å². The SMILES string of the molecule is O=C(Cn1cnnn1)NC1(C(=O)O)CCCC1. The molecule has 0 atom stereocenters. The third-order valence-corrected chi connectivity index (χ3v) is 2.94. The lowest BCUT2D eigenvalue weighted by Gasteiger charge is -2.25. The predicted octanol–water partition coefficient (Wildman–Crippen LogP) is -0.813. The maximum atomic E-state index is 11.7. The van der Waals surface area contributed by atoms with Gasteiger partial charge in [-0.2, -0.15) is 0 Å². The first-order valence-electron chi connectivity index (χ1n) is 5.38. The molecule has 1 fully saturated rings. The number of rotatable bonds is 4. The van der Waals surface area contributed by atoms with Crippen molar-refractivity contribution in [1.29, 1.82) is 0 Å². The van der Waals surface area contributed by atoms with Crippen LogP contribution in [0.25, 0.3) is 0 Å². The van der Waals surface area contributed by atoms with Crippen LogP contribution in [0.1, 0.15) is 25.7 Å². The number of carboxylic acid groups (broad SMARTS) is 1. The fraction of sp³-hybridized carbons (Fsp3) is 0.667. The van der Waals surface area contributed by atoms with Crippen LogP contribution in [0, 0.1) is 0 Å². The zero-order valence-corrected chi connectivity index (χ0v) is 9.17. The second-order valence-electron chi connectivity index (χ2n) is 4.15. The minimum Gasteiger partial charge on any atom is -0.480 e. The smallest absolute Gasteiger partial charge is 0.329 e. The first-order chi connectivity index (χ1) is 8.12. The number of hydrogen-bond donors (Lipinski definition) is 2. The highest BCUT2D eigenvalue weighted by molar-refractivity contribution is 5.87. The fourth-order valence-corrected chi connectivity index (χ4v) is 2.08. The molecule has 1 aromatic heterocycles. The van der Waals surface area contributed by atoms with Gasteiger partial charge >= 0.3 is 5.97 Å². The first-order valence-corrected chi connectivity index (χ1v) is 5.38. The van der Waals surface area contributed by atoms with E-state index in [1.807, 2.05) is 0 Å². The Hall–Kier alpha value is -1.99. The highest BCUT2D eigenvalue weighted by atomic mass is 16.4. The summed E-state index contributed by atoms with van der Waals surface area (Å²) in [7, 11) is 0. The maximum Gasteiger partial charge on any atom is 0.329 e. The van der Waals surface area contributed by atoms with Gasteiger partial charge in [-0.25, -0.2) is 9.48 Å². The van der Waals surface area contributed by atoms with Crippen LogP contribution in [0.15, 0.2) is 6.33 Å². The van der Waals surface area contributed by atoms with Gasteiger partial charge in [0.25, 0.3) is 0 Å². The molecule has 92 valence electrons. The van der Waals surface area contributed by atoms with Crippen molar-refractivity contribution >= 4 is 11.9 Å². The Morgan fingerprint density at radius 3 is 2.65 bits per heavy atom. The lowest BCUT2D eigenvalue weighted by atomic mass is 9.98. The van der Waals surface area contributed by atoms with E-state index < -0.39 is 11.5 Å². The summed E-state index contributed by atoms with van der Waals surface area (Å²) in [5.74, 6) is -1.36. The van der Waals surface area contributed by atoms with Crippen LogP contribution in [0.5, 0.6) is 0 Å². The van der Waals surface area contributed by atoms with Gasteiger partial charge in [0.15, 0.2) is 0 Å². The number of nitrogens with zero attached hydrogens (tertiary/aromatic N) is 4. The zero-order valence-electron chi connectivity index (χ0n) is 9.17. The standard InChI is InChI=1S/C9H13N5O3/c15-7(5-14-6-10-12-13-14)11-9(8(16)17)3-1-2-4-9/h6H,1-5H2,(H,11,15)(H,16,17). The summed E-state index contributed by atoms with van der Waals surface area (Å²) in [6.45, 7) is -0.0674. The molecule has 0 spiro atoms. The molecule has 1 aliphatic rings. The van der Waals surface area contributed by atoms with E-state index in [-0.39, 0.29) is 12.5 Å². The number of carbonyl (C=O) groups excluding carboxylic acids is 1. The highest BCUT2D eigenvalue weighted by Crippen LogP contribution is 2.29. The van der Waals surface area contributed by atoms with Crippen LogP contribution in [-0.2, 0) is 16.1 Å². The Balaban J connectivity index is 1.99. The van der Waals surface area contributed by atoms with Gasteiger partial charge in [-0.1, -0.05) is 12.8 Å². The fourth-order valence-electron chi connectivity index (χ4n) is 2.08. The predicted molar refractivity (Wildman–Crippen MR) is 54.8 cm³/mol. The van der Waals surface area contributed by atoms with Crippen molar-refractivity contribution < 1.29 is 14.7 Å². The minimum atomic E-state index is -1.11. The molecule has 0 aromatic carbocycles. The molecule has 17 heavy (non-hydrogen) atoms. The van der Waals surface area contributed by atoms with Gasteiger partial charge in [0.1, 0.15) is 18.4 Å². The van der Waals surface area contributed by atoms with E-state index in [2.05, 4.69) is 20.8 Å². The second-order valence-corrected chi connectivity index (χ2v) is 4.15. The first kappa shape index (κ1) is 11.5. The molecule has 8 heteroatoms. The third kappa shape index (κ3) is 2.40. The Morgan fingerprint density at radius 1 is 1.41 bits per heavy atom. The van der Waals surface area contributed by atoms with E-state index in [0.29, 0.717) is 12.8 Å². The molecule has 1 aliphatic carbocycles. The van der Waals surface area contributed by atoms with Crippen molar-refractivity contribution in [2.75, 3.05) is 0 Å². The summed E-state index contributed by atoms with van der Waals surface area (Å²) in [4.78, 5) is 22.9. The van der Waals surface area contributed by atoms with Crippen molar-refractivity contribution in [3.05, 3.63) is 6.33 Å². The number of carboxylic acids is 1. The van der Waals surface area contributed by atoms with E-state index in [1.165, 1.54) is 11.0 Å². The van der Waals surface area contributed by atoms with Crippen LogP contribution < -0.4 is 5.32 Å². The van der Waals surface area contributed by atoms with Gasteiger partial charge in [-0.15, -0.1) is 5.10 Å². The number of aromatic nitrogens is 4. The summed E-state index contributed by atoms with van der Waals surface area (Å²) in [6.07, 6.45) is 3.89. The monoisotopic (exact) mass is 239 g/mol. The Bertz CT molecular complexity index is 410. The molecule has 2 N–H and O–H groups in total. The number of hydrogen-bond acceptors (Lipinski definition) is 5. The molecule has 2 rings (SSSR count). The maximum absolute atomic E-state index is 11.7. The van der Waals surface area contributed by atoms with E-state index in [4.69, 9.17) is 0 Å². The summed E-state index contributed by atoms with van der Waals surface area (Å²) >= 11 is 0. The molecule has 1 amide bonds. The average Bonchev–Trinajstić information content (AvgIpc) is 2.89. The van der Waals surface area contributed by atoms with Gasteiger partial charge in [0, 0.05) is 0 Å². The lowest BCUT2D eigenvalue weighted by Crippen LogP contribution is -2.53. The number of amides is 1. The normalized spacial score (nSPS) is 17.9. The van der Waals surface area contributed by atoms with Crippen LogP contribution in [0.3, 0.4) is 0 Å². The largest absolute Gasteiger partial charge is 0.480 e. The van der Waals surface area contributed by atoms with Gasteiger partial charge in [0.05, 0.1) is 0 Å². The van der Waals surface area contributed by atoms with Crippen LogP contribution >= 0.6 is 0 Å². The number of carbonyl (C=O) groups is 2. The van der Waals surface area contributed by atoms with Crippen molar-refractivity contribution in [3.63, 3.8) is 0 Å². The van der Waals surface area contributed by atoms with Crippen LogP contribution in [0.2, 0.25) is 0 Å². The van der Waals surface area contributed by atoms with Gasteiger partial charge in [0.2, 0.25) is 5.91 Å². The molecule has 0 aliphatic heterocycles. The lowest BCUT2D eigenvalue weighted by molar-refractivity contribution is -0.147. The minimum absolute atomic E-state index is 0.0674. The van der Waals surface area contributed by atoms with Crippen molar-refractivity contribution in [1.82, 2.24) is 25.5 Å². The van der Waals surface area contributed by atoms with Gasteiger partial charge < -0.3 is 10.4 Å². The van der Waals surface area contributed by atoms with Gasteiger partial charge in [-0.05, 0) is 23.3 Å². The molecule has 0 saturated heterocycles. The molecule has 0 radical (unpaired) electrons. The van der Waals surface area contributed by atoms with Gasteiger partial charge in [-0.3, -0.25) is 4.79 Å². The molecule has 1 saturated carbocycles. The van der Waals surface area contributed by atoms with E-state index >= 15 is 0 Å². The summed E-state index contributed by atoms with van der Waals surface area (Å²) in [5, 5.41) is 22.1. The van der Waals surface area contributed by atoms with E-state index in [1.54, 1.807) is 0 Å². The topological polar surface area (TPSA) is 110 Å². The van der Waals surface area contributed by atoms with Crippen molar-refractivity contribution in [2.24, 2.45) is 0 Å². The zero-order chi connectivity index (χ0) is 12.3. The molecule has 0 bridgehead atoms. The number of nitrogens with one attached hydrogen (secondary N) is 1. The molecule has 1 heterocycles. The molecule has 0 unspecified atom stereocenters. The van der Waals surface area contributed by atoms with E-state index in [9.17, 15) is 14.7 Å². The quantitative estimate of drug-likeness (QED) is 0.710. The van der Waals surface area contributed by atoms with Crippen LogP contribution in [-0.4, -0.2) is 42.7 Å². The average molecular weight is 239 g/mol. The highest BCUT2D eigenvalue weighted by Gasteiger charge is 2.42. The molecule has 1 aromatic rings. The number of tetrazole rings is 1. The Morgan fingerprint density at radius 2 is 2.12 bits per heavy atom. The molecule has 8 nitrogen and oxygen atoms in total.